The van der Waals surface area contributed by atoms with Gasteiger partial charge in [-0.15, -0.1) is 0 Å². The van der Waals surface area contributed by atoms with E-state index in [-0.39, 0.29) is 11.4 Å². The predicted octanol–water partition coefficient (Wildman–Crippen LogP) is 0.0712. The van der Waals surface area contributed by atoms with Gasteiger partial charge in [0.15, 0.2) is 0 Å². The molecule has 0 amide bonds. The van der Waals surface area contributed by atoms with E-state index >= 15 is 0 Å². The van der Waals surface area contributed by atoms with E-state index in [4.69, 9.17) is 10.4 Å². The standard InChI is InChI=1S/C8H7N2O2/c1-5-3-7(11)10(2)8(12)6(5)4-9/h11H,1-2H3. The van der Waals surface area contributed by atoms with Crippen LogP contribution in [-0.4, -0.2) is 9.67 Å². The molecule has 4 heteroatoms. The number of nitriles is 1. The molecule has 1 aromatic rings. The van der Waals surface area contributed by atoms with E-state index in [2.05, 4.69) is 6.07 Å². The third-order valence-electron chi connectivity index (χ3n) is 1.62. The zero-order valence-corrected chi connectivity index (χ0v) is 6.75. The van der Waals surface area contributed by atoms with Crippen molar-refractivity contribution in [3.63, 3.8) is 0 Å². The minimum Gasteiger partial charge on any atom is -0.494 e. The molecule has 0 bridgehead atoms. The van der Waals surface area contributed by atoms with Gasteiger partial charge in [-0.3, -0.25) is 9.36 Å². The Kier molecular flexibility index (Phi) is 1.88. The second kappa shape index (κ2) is 2.70. The Morgan fingerprint density at radius 1 is 1.67 bits per heavy atom. The molecule has 12 heavy (non-hydrogen) atoms. The molecule has 1 rings (SSSR count). The SMILES string of the molecule is Cc1[c]c(O)n(C)c(=O)c1C#N. The van der Waals surface area contributed by atoms with Crippen molar-refractivity contribution in [2.45, 2.75) is 6.92 Å². The summed E-state index contributed by atoms with van der Waals surface area (Å²) in [7, 11) is 1.38. The summed E-state index contributed by atoms with van der Waals surface area (Å²) in [5.41, 5.74) is -0.0975. The number of aromatic hydroxyl groups is 1. The topological polar surface area (TPSA) is 66.0 Å². The van der Waals surface area contributed by atoms with E-state index < -0.39 is 5.56 Å². The first-order chi connectivity index (χ1) is 5.57. The smallest absolute Gasteiger partial charge is 0.271 e. The molecule has 0 aliphatic rings. The van der Waals surface area contributed by atoms with Crippen molar-refractivity contribution in [1.82, 2.24) is 4.57 Å². The highest BCUT2D eigenvalue weighted by Crippen LogP contribution is 2.08. The fourth-order valence-electron chi connectivity index (χ4n) is 0.870. The molecular weight excluding hydrogens is 156 g/mol. The molecule has 1 heterocycles. The highest BCUT2D eigenvalue weighted by molar-refractivity contribution is 5.36. The molecule has 0 unspecified atom stereocenters. The summed E-state index contributed by atoms with van der Waals surface area (Å²) in [6.07, 6.45) is 0. The normalized spacial score (nSPS) is 9.42. The van der Waals surface area contributed by atoms with Crippen LogP contribution >= 0.6 is 0 Å². The number of rotatable bonds is 0. The van der Waals surface area contributed by atoms with E-state index in [1.165, 1.54) is 7.05 Å². The van der Waals surface area contributed by atoms with Crippen LogP contribution in [-0.2, 0) is 7.05 Å². The fraction of sp³-hybridized carbons (Fsp3) is 0.250. The summed E-state index contributed by atoms with van der Waals surface area (Å²) < 4.78 is 0.978. The van der Waals surface area contributed by atoms with Gasteiger partial charge in [0.25, 0.3) is 5.56 Å². The van der Waals surface area contributed by atoms with Crippen LogP contribution < -0.4 is 5.56 Å². The lowest BCUT2D eigenvalue weighted by molar-refractivity contribution is 0.421. The van der Waals surface area contributed by atoms with Crippen LogP contribution in [0.5, 0.6) is 5.88 Å². The second-order valence-corrected chi connectivity index (χ2v) is 2.42. The third kappa shape index (κ3) is 1.05. The van der Waals surface area contributed by atoms with Gasteiger partial charge in [0.05, 0.1) is 6.07 Å². The molecule has 4 nitrogen and oxygen atoms in total. The Bertz CT molecular complexity index is 412. The van der Waals surface area contributed by atoms with Gasteiger partial charge >= 0.3 is 0 Å². The van der Waals surface area contributed by atoms with Crippen LogP contribution in [0.4, 0.5) is 0 Å². The Balaban J connectivity index is 3.66. The first kappa shape index (κ1) is 8.34. The van der Waals surface area contributed by atoms with Crippen LogP contribution in [0.15, 0.2) is 4.79 Å². The molecule has 0 aliphatic carbocycles. The van der Waals surface area contributed by atoms with Gasteiger partial charge in [0.1, 0.15) is 11.6 Å². The van der Waals surface area contributed by atoms with Gasteiger partial charge in [-0.25, -0.2) is 0 Å². The summed E-state index contributed by atoms with van der Waals surface area (Å²) in [4.78, 5) is 11.2. The van der Waals surface area contributed by atoms with E-state index in [1.807, 2.05) is 0 Å². The van der Waals surface area contributed by atoms with Crippen LogP contribution in [0.1, 0.15) is 11.1 Å². The van der Waals surface area contributed by atoms with Crippen molar-refractivity contribution >= 4 is 0 Å². The van der Waals surface area contributed by atoms with Gasteiger partial charge in [0.2, 0.25) is 5.88 Å². The average Bonchev–Trinajstić information content (AvgIpc) is 2.01. The van der Waals surface area contributed by atoms with Crippen molar-refractivity contribution in [1.29, 1.82) is 5.26 Å². The summed E-state index contributed by atoms with van der Waals surface area (Å²) in [5, 5.41) is 17.6. The fourth-order valence-corrected chi connectivity index (χ4v) is 0.870. The number of aryl methyl sites for hydroxylation is 1. The maximum absolute atomic E-state index is 11.2. The molecular formula is C8H7N2O2. The van der Waals surface area contributed by atoms with Crippen molar-refractivity contribution in [3.05, 3.63) is 27.5 Å². The number of pyridine rings is 1. The second-order valence-electron chi connectivity index (χ2n) is 2.42. The summed E-state index contributed by atoms with van der Waals surface area (Å²) in [6, 6.07) is 4.25. The third-order valence-corrected chi connectivity index (χ3v) is 1.62. The molecule has 0 aromatic carbocycles. The highest BCUT2D eigenvalue weighted by Gasteiger charge is 2.08. The minimum absolute atomic E-state index is 0.0234. The number of hydrogen-bond donors (Lipinski definition) is 1. The maximum atomic E-state index is 11.2. The molecule has 0 aliphatic heterocycles. The van der Waals surface area contributed by atoms with Gasteiger partial charge in [0, 0.05) is 7.05 Å². The van der Waals surface area contributed by atoms with E-state index in [1.54, 1.807) is 13.0 Å². The van der Waals surface area contributed by atoms with Crippen molar-refractivity contribution in [2.75, 3.05) is 0 Å². The highest BCUT2D eigenvalue weighted by atomic mass is 16.3. The first-order valence-corrected chi connectivity index (χ1v) is 3.30. The van der Waals surface area contributed by atoms with Gasteiger partial charge < -0.3 is 5.11 Å². The van der Waals surface area contributed by atoms with Crippen LogP contribution in [0.25, 0.3) is 0 Å². The number of aromatic nitrogens is 1. The Morgan fingerprint density at radius 3 is 2.75 bits per heavy atom. The molecule has 0 saturated heterocycles. The molecule has 1 radical (unpaired) electrons. The van der Waals surface area contributed by atoms with Crippen LogP contribution in [0.2, 0.25) is 0 Å². The van der Waals surface area contributed by atoms with Crippen molar-refractivity contribution in [2.24, 2.45) is 7.05 Å². The lowest BCUT2D eigenvalue weighted by Gasteiger charge is -2.02. The molecule has 61 valence electrons. The summed E-state index contributed by atoms with van der Waals surface area (Å²) in [5.74, 6) is -0.253. The van der Waals surface area contributed by atoms with Crippen LogP contribution in [0, 0.1) is 24.3 Å². The monoisotopic (exact) mass is 163 g/mol. The van der Waals surface area contributed by atoms with Crippen LogP contribution in [0.3, 0.4) is 0 Å². The van der Waals surface area contributed by atoms with Gasteiger partial charge in [-0.1, -0.05) is 0 Å². The molecule has 0 saturated carbocycles. The molecule has 1 N–H and O–H groups in total. The molecule has 1 aromatic heterocycles. The predicted molar refractivity (Wildman–Crippen MR) is 41.6 cm³/mol. The first-order valence-electron chi connectivity index (χ1n) is 3.30. The number of nitrogens with zero attached hydrogens (tertiary/aromatic N) is 2. The Morgan fingerprint density at radius 2 is 2.25 bits per heavy atom. The van der Waals surface area contributed by atoms with Crippen molar-refractivity contribution < 1.29 is 5.11 Å². The minimum atomic E-state index is -0.494. The molecule has 0 atom stereocenters. The Hall–Kier alpha value is -1.76. The Labute approximate surface area is 69.3 Å². The van der Waals surface area contributed by atoms with E-state index in [9.17, 15) is 4.79 Å². The maximum Gasteiger partial charge on any atom is 0.271 e. The summed E-state index contributed by atoms with van der Waals surface area (Å²) >= 11 is 0. The quantitative estimate of drug-likeness (QED) is 0.588. The van der Waals surface area contributed by atoms with Gasteiger partial charge in [-0.05, 0) is 12.5 Å². The zero-order valence-electron chi connectivity index (χ0n) is 6.75. The summed E-state index contributed by atoms with van der Waals surface area (Å²) in [6.45, 7) is 1.56. The lowest BCUT2D eigenvalue weighted by atomic mass is 10.2. The number of hydrogen-bond acceptors (Lipinski definition) is 3. The van der Waals surface area contributed by atoms with E-state index in [0.717, 1.165) is 4.57 Å². The van der Waals surface area contributed by atoms with Crippen molar-refractivity contribution in [3.8, 4) is 11.9 Å². The molecule has 0 fully saturated rings. The lowest BCUT2D eigenvalue weighted by Crippen LogP contribution is -2.20. The van der Waals surface area contributed by atoms with Gasteiger partial charge in [-0.2, -0.15) is 5.26 Å². The van der Waals surface area contributed by atoms with E-state index in [0.29, 0.717) is 5.56 Å². The largest absolute Gasteiger partial charge is 0.494 e. The molecule has 0 spiro atoms. The average molecular weight is 163 g/mol. The zero-order chi connectivity index (χ0) is 9.30.